The second-order valence-electron chi connectivity index (χ2n) is 5.20. The molecule has 4 nitrogen and oxygen atoms in total. The maximum atomic E-state index is 4.45. The molecule has 0 amide bonds. The maximum absolute atomic E-state index is 4.45. The summed E-state index contributed by atoms with van der Waals surface area (Å²) in [6, 6.07) is 10.3. The van der Waals surface area contributed by atoms with E-state index in [4.69, 9.17) is 0 Å². The molecule has 0 spiro atoms. The average molecular weight is 280 g/mol. The lowest BCUT2D eigenvalue weighted by Crippen LogP contribution is -2.13. The first-order valence-corrected chi connectivity index (χ1v) is 7.41. The molecule has 2 aromatic heterocycles. The van der Waals surface area contributed by atoms with Crippen molar-refractivity contribution in [3.05, 3.63) is 60.3 Å². The Bertz CT molecular complexity index is 712. The zero-order chi connectivity index (χ0) is 14.5. The molecule has 3 rings (SSSR count). The lowest BCUT2D eigenvalue weighted by Gasteiger charge is -2.06. The van der Waals surface area contributed by atoms with Crippen LogP contribution in [-0.4, -0.2) is 21.1 Å². The van der Waals surface area contributed by atoms with Crippen LogP contribution in [0.1, 0.15) is 24.6 Å². The highest BCUT2D eigenvalue weighted by Crippen LogP contribution is 2.17. The highest BCUT2D eigenvalue weighted by molar-refractivity contribution is 5.81. The third-order valence-electron chi connectivity index (χ3n) is 3.51. The third kappa shape index (κ3) is 3.28. The SMILES string of the molecule is CCCNCc1cn(Cc2ccnc3ccccc23)cn1. The molecule has 1 N–H and O–H groups in total. The number of hydrogen-bond donors (Lipinski definition) is 1. The Labute approximate surface area is 124 Å². The van der Waals surface area contributed by atoms with Gasteiger partial charge in [-0.2, -0.15) is 0 Å². The van der Waals surface area contributed by atoms with Crippen LogP contribution in [0.15, 0.2) is 49.1 Å². The number of rotatable bonds is 6. The Morgan fingerprint density at radius 3 is 2.95 bits per heavy atom. The Morgan fingerprint density at radius 2 is 2.05 bits per heavy atom. The van der Waals surface area contributed by atoms with E-state index in [1.54, 1.807) is 0 Å². The molecule has 0 atom stereocenters. The van der Waals surface area contributed by atoms with Crippen LogP contribution < -0.4 is 5.32 Å². The van der Waals surface area contributed by atoms with Crippen LogP contribution in [0.5, 0.6) is 0 Å². The van der Waals surface area contributed by atoms with Crippen LogP contribution in [0.2, 0.25) is 0 Å². The summed E-state index contributed by atoms with van der Waals surface area (Å²) < 4.78 is 2.13. The molecule has 0 unspecified atom stereocenters. The van der Waals surface area contributed by atoms with Crippen LogP contribution in [0.25, 0.3) is 10.9 Å². The molecule has 108 valence electrons. The van der Waals surface area contributed by atoms with Crippen molar-refractivity contribution in [1.29, 1.82) is 0 Å². The van der Waals surface area contributed by atoms with Crippen molar-refractivity contribution in [3.63, 3.8) is 0 Å². The largest absolute Gasteiger partial charge is 0.333 e. The number of aromatic nitrogens is 3. The number of benzene rings is 1. The van der Waals surface area contributed by atoms with Crippen LogP contribution in [0.3, 0.4) is 0 Å². The molecular weight excluding hydrogens is 260 g/mol. The predicted octanol–water partition coefficient (Wildman–Crippen LogP) is 2.98. The summed E-state index contributed by atoms with van der Waals surface area (Å²) in [5, 5.41) is 4.58. The maximum Gasteiger partial charge on any atom is 0.0953 e. The van der Waals surface area contributed by atoms with Gasteiger partial charge in [-0.25, -0.2) is 4.98 Å². The van der Waals surface area contributed by atoms with Gasteiger partial charge in [0.25, 0.3) is 0 Å². The number of fused-ring (bicyclic) bond motifs is 1. The fraction of sp³-hybridized carbons (Fsp3) is 0.294. The van der Waals surface area contributed by atoms with Crippen molar-refractivity contribution in [1.82, 2.24) is 19.9 Å². The Kier molecular flexibility index (Phi) is 4.26. The summed E-state index contributed by atoms with van der Waals surface area (Å²) in [6.07, 6.45) is 7.03. The molecule has 0 aliphatic heterocycles. The molecule has 0 saturated carbocycles. The van der Waals surface area contributed by atoms with E-state index < -0.39 is 0 Å². The van der Waals surface area contributed by atoms with E-state index in [-0.39, 0.29) is 0 Å². The summed E-state index contributed by atoms with van der Waals surface area (Å²) in [5.41, 5.74) is 3.40. The van der Waals surface area contributed by atoms with Gasteiger partial charge in [-0.15, -0.1) is 0 Å². The number of pyridine rings is 1. The smallest absolute Gasteiger partial charge is 0.0953 e. The van der Waals surface area contributed by atoms with E-state index in [0.717, 1.165) is 37.3 Å². The minimum atomic E-state index is 0.823. The van der Waals surface area contributed by atoms with Gasteiger partial charge in [0.15, 0.2) is 0 Å². The Hall–Kier alpha value is -2.20. The highest BCUT2D eigenvalue weighted by atomic mass is 15.0. The van der Waals surface area contributed by atoms with Gasteiger partial charge >= 0.3 is 0 Å². The van der Waals surface area contributed by atoms with Crippen molar-refractivity contribution >= 4 is 10.9 Å². The van der Waals surface area contributed by atoms with Crippen LogP contribution in [-0.2, 0) is 13.1 Å². The van der Waals surface area contributed by atoms with Gasteiger partial charge in [-0.3, -0.25) is 4.98 Å². The molecule has 0 fully saturated rings. The molecule has 0 aliphatic carbocycles. The van der Waals surface area contributed by atoms with Gasteiger partial charge in [0.2, 0.25) is 0 Å². The van der Waals surface area contributed by atoms with Gasteiger partial charge in [-0.1, -0.05) is 25.1 Å². The Morgan fingerprint density at radius 1 is 1.14 bits per heavy atom. The normalized spacial score (nSPS) is 11.1. The fourth-order valence-corrected chi connectivity index (χ4v) is 2.47. The average Bonchev–Trinajstić information content (AvgIpc) is 2.96. The minimum Gasteiger partial charge on any atom is -0.333 e. The van der Waals surface area contributed by atoms with E-state index in [9.17, 15) is 0 Å². The summed E-state index contributed by atoms with van der Waals surface area (Å²) in [4.78, 5) is 8.85. The fourth-order valence-electron chi connectivity index (χ4n) is 2.47. The summed E-state index contributed by atoms with van der Waals surface area (Å²) >= 11 is 0. The number of imidazole rings is 1. The second kappa shape index (κ2) is 6.50. The molecule has 0 saturated heterocycles. The van der Waals surface area contributed by atoms with Crippen LogP contribution in [0, 0.1) is 0 Å². The third-order valence-corrected chi connectivity index (χ3v) is 3.51. The lowest BCUT2D eigenvalue weighted by molar-refractivity contribution is 0.665. The monoisotopic (exact) mass is 280 g/mol. The molecular formula is C17H20N4. The lowest BCUT2D eigenvalue weighted by atomic mass is 10.1. The van der Waals surface area contributed by atoms with Crippen molar-refractivity contribution in [2.75, 3.05) is 6.54 Å². The van der Waals surface area contributed by atoms with Crippen LogP contribution >= 0.6 is 0 Å². The van der Waals surface area contributed by atoms with Crippen molar-refractivity contribution in [2.24, 2.45) is 0 Å². The zero-order valence-electron chi connectivity index (χ0n) is 12.3. The second-order valence-corrected chi connectivity index (χ2v) is 5.20. The molecule has 0 bridgehead atoms. The van der Waals surface area contributed by atoms with E-state index in [0.29, 0.717) is 0 Å². The molecule has 21 heavy (non-hydrogen) atoms. The van der Waals surface area contributed by atoms with Gasteiger partial charge in [-0.05, 0) is 30.7 Å². The number of para-hydroxylation sites is 1. The van der Waals surface area contributed by atoms with Crippen molar-refractivity contribution < 1.29 is 0 Å². The van der Waals surface area contributed by atoms with Crippen molar-refractivity contribution in [2.45, 2.75) is 26.4 Å². The number of hydrogen-bond acceptors (Lipinski definition) is 3. The first-order valence-electron chi connectivity index (χ1n) is 7.41. The van der Waals surface area contributed by atoms with Gasteiger partial charge in [0, 0.05) is 30.9 Å². The van der Waals surface area contributed by atoms with Gasteiger partial charge < -0.3 is 9.88 Å². The molecule has 4 heteroatoms. The minimum absolute atomic E-state index is 0.823. The predicted molar refractivity (Wildman–Crippen MR) is 85.1 cm³/mol. The molecule has 0 radical (unpaired) electrons. The van der Waals surface area contributed by atoms with Gasteiger partial charge in [0.1, 0.15) is 0 Å². The molecule has 1 aromatic carbocycles. The summed E-state index contributed by atoms with van der Waals surface area (Å²) in [7, 11) is 0. The standard InChI is InChI=1S/C17H20N4/c1-2-8-18-10-15-12-21(13-20-15)11-14-7-9-19-17-6-4-3-5-16(14)17/h3-7,9,12-13,18H,2,8,10-11H2,1H3. The quantitative estimate of drug-likeness (QED) is 0.706. The highest BCUT2D eigenvalue weighted by Gasteiger charge is 2.03. The van der Waals surface area contributed by atoms with Crippen molar-refractivity contribution in [3.8, 4) is 0 Å². The van der Waals surface area contributed by atoms with E-state index in [1.165, 1.54) is 10.9 Å². The number of nitrogens with zero attached hydrogens (tertiary/aromatic N) is 3. The topological polar surface area (TPSA) is 42.7 Å². The summed E-state index contributed by atoms with van der Waals surface area (Å²) in [5.74, 6) is 0. The zero-order valence-corrected chi connectivity index (χ0v) is 12.3. The first kappa shape index (κ1) is 13.8. The summed E-state index contributed by atoms with van der Waals surface area (Å²) in [6.45, 7) is 4.85. The first-order chi connectivity index (χ1) is 10.4. The molecule has 2 heterocycles. The molecule has 3 aromatic rings. The van der Waals surface area contributed by atoms with E-state index in [1.807, 2.05) is 24.7 Å². The van der Waals surface area contributed by atoms with Gasteiger partial charge in [0.05, 0.1) is 17.5 Å². The van der Waals surface area contributed by atoms with E-state index in [2.05, 4.69) is 51.2 Å². The molecule has 0 aliphatic rings. The number of nitrogens with one attached hydrogen (secondary N) is 1. The van der Waals surface area contributed by atoms with E-state index >= 15 is 0 Å². The van der Waals surface area contributed by atoms with Crippen LogP contribution in [0.4, 0.5) is 0 Å². The Balaban J connectivity index is 1.76.